The van der Waals surface area contributed by atoms with E-state index in [0.717, 1.165) is 6.42 Å². The predicted octanol–water partition coefficient (Wildman–Crippen LogP) is 4.62. The van der Waals surface area contributed by atoms with Crippen LogP contribution in [0.25, 0.3) is 0 Å². The second kappa shape index (κ2) is 9.37. The van der Waals surface area contributed by atoms with Gasteiger partial charge >= 0.3 is 12.1 Å². The van der Waals surface area contributed by atoms with Crippen LogP contribution < -0.4 is 0 Å². The zero-order chi connectivity index (χ0) is 22.8. The summed E-state index contributed by atoms with van der Waals surface area (Å²) >= 11 is 0. The molecule has 0 aliphatic carbocycles. The first-order valence-electron chi connectivity index (χ1n) is 10.7. The summed E-state index contributed by atoms with van der Waals surface area (Å²) in [5.41, 5.74) is -1.19. The van der Waals surface area contributed by atoms with Gasteiger partial charge < -0.3 is 18.8 Å². The highest BCUT2D eigenvalue weighted by Gasteiger charge is 2.45. The zero-order valence-electron chi connectivity index (χ0n) is 20.4. The molecule has 0 N–H and O–H groups in total. The number of carbonyl (C=O) groups is 2. The Morgan fingerprint density at radius 1 is 1.03 bits per heavy atom. The van der Waals surface area contributed by atoms with Crippen LogP contribution in [0, 0.1) is 16.7 Å². The quantitative estimate of drug-likeness (QED) is 0.471. The van der Waals surface area contributed by atoms with E-state index in [4.69, 9.17) is 13.9 Å². The smallest absolute Gasteiger partial charge is 0.410 e. The number of amides is 1. The third-order valence-corrected chi connectivity index (χ3v) is 5.63. The number of hydrogen-bond acceptors (Lipinski definition) is 5. The Labute approximate surface area is 179 Å². The number of carbonyl (C=O) groups excluding carboxylic acids is 2. The van der Waals surface area contributed by atoms with Crippen molar-refractivity contribution in [2.75, 3.05) is 13.2 Å². The maximum absolute atomic E-state index is 12.9. The summed E-state index contributed by atoms with van der Waals surface area (Å²) in [6, 6.07) is -0.205. The van der Waals surface area contributed by atoms with Crippen molar-refractivity contribution in [3.8, 4) is 0 Å². The Balaban J connectivity index is 3.04. The highest BCUT2D eigenvalue weighted by Crippen LogP contribution is 2.37. The topological polar surface area (TPSA) is 65.1 Å². The van der Waals surface area contributed by atoms with Crippen molar-refractivity contribution in [2.24, 2.45) is 16.7 Å². The van der Waals surface area contributed by atoms with Crippen LogP contribution in [0.2, 0.25) is 13.1 Å². The van der Waals surface area contributed by atoms with Crippen molar-refractivity contribution >= 4 is 21.1 Å². The van der Waals surface area contributed by atoms with Crippen LogP contribution in [0.15, 0.2) is 0 Å². The first-order chi connectivity index (χ1) is 12.9. The zero-order valence-corrected chi connectivity index (χ0v) is 21.6. The minimum absolute atomic E-state index is 0.0431. The molecule has 0 aromatic heterocycles. The summed E-state index contributed by atoms with van der Waals surface area (Å²) in [4.78, 5) is 26.9. The summed E-state index contributed by atoms with van der Waals surface area (Å²) in [5, 5.41) is 0. The fourth-order valence-electron chi connectivity index (χ4n) is 3.58. The third kappa shape index (κ3) is 8.28. The van der Waals surface area contributed by atoms with Gasteiger partial charge in [0.25, 0.3) is 0 Å². The summed E-state index contributed by atoms with van der Waals surface area (Å²) in [6.07, 6.45) is 0.424. The van der Waals surface area contributed by atoms with Gasteiger partial charge in [-0.15, -0.1) is 0 Å². The first kappa shape index (κ1) is 26.0. The van der Waals surface area contributed by atoms with E-state index in [-0.39, 0.29) is 42.1 Å². The maximum Gasteiger partial charge on any atom is 0.410 e. The fourth-order valence-corrected chi connectivity index (χ4v) is 4.80. The van der Waals surface area contributed by atoms with E-state index in [0.29, 0.717) is 6.54 Å². The second-order valence-corrected chi connectivity index (χ2v) is 14.0. The molecule has 6 nitrogen and oxygen atoms in total. The van der Waals surface area contributed by atoms with E-state index in [1.807, 2.05) is 41.5 Å². The van der Waals surface area contributed by atoms with Crippen molar-refractivity contribution in [3.63, 3.8) is 0 Å². The summed E-state index contributed by atoms with van der Waals surface area (Å²) in [6.45, 7) is 22.7. The average molecular weight is 430 g/mol. The maximum atomic E-state index is 12.9. The van der Waals surface area contributed by atoms with Crippen LogP contribution in [0.3, 0.4) is 0 Å². The molecule has 1 saturated heterocycles. The molecule has 3 atom stereocenters. The molecule has 0 aromatic carbocycles. The standard InChI is InChI=1S/C22H43NO5Si/c1-20(2,3)17(28-29(10)11)15-12-16(14-26-18(24)21(4,5)6)23(13-15)19(25)27-22(7,8)9/h15-17,29H,12-14H2,1-11H3. The molecule has 7 heteroatoms. The average Bonchev–Trinajstić information content (AvgIpc) is 2.90. The Morgan fingerprint density at radius 3 is 2.00 bits per heavy atom. The van der Waals surface area contributed by atoms with Gasteiger partial charge in [0.1, 0.15) is 12.2 Å². The Hall–Kier alpha value is -1.08. The molecule has 0 radical (unpaired) electrons. The molecular formula is C22H43NO5Si. The minimum Gasteiger partial charge on any atom is -0.463 e. The van der Waals surface area contributed by atoms with Crippen LogP contribution >= 0.6 is 0 Å². The van der Waals surface area contributed by atoms with E-state index >= 15 is 0 Å². The molecule has 29 heavy (non-hydrogen) atoms. The van der Waals surface area contributed by atoms with Crippen LogP contribution in [-0.2, 0) is 18.7 Å². The largest absolute Gasteiger partial charge is 0.463 e. The fraction of sp³-hybridized carbons (Fsp3) is 0.909. The van der Waals surface area contributed by atoms with Gasteiger partial charge in [0.15, 0.2) is 9.04 Å². The van der Waals surface area contributed by atoms with Gasteiger partial charge in [-0.3, -0.25) is 4.79 Å². The predicted molar refractivity (Wildman–Crippen MR) is 118 cm³/mol. The third-order valence-electron chi connectivity index (χ3n) is 4.79. The lowest BCUT2D eigenvalue weighted by Crippen LogP contribution is -2.43. The van der Waals surface area contributed by atoms with E-state index in [1.165, 1.54) is 0 Å². The van der Waals surface area contributed by atoms with Crippen molar-refractivity contribution in [1.82, 2.24) is 4.90 Å². The van der Waals surface area contributed by atoms with Gasteiger partial charge in [0.05, 0.1) is 17.6 Å². The van der Waals surface area contributed by atoms with Crippen LogP contribution in [0.1, 0.15) is 68.7 Å². The molecule has 0 bridgehead atoms. The number of rotatable bonds is 5. The highest BCUT2D eigenvalue weighted by atomic mass is 28.3. The van der Waals surface area contributed by atoms with Crippen LogP contribution in [0.4, 0.5) is 4.79 Å². The molecule has 0 saturated carbocycles. The second-order valence-electron chi connectivity index (χ2n) is 11.6. The van der Waals surface area contributed by atoms with E-state index in [9.17, 15) is 9.59 Å². The van der Waals surface area contributed by atoms with Gasteiger partial charge in [-0.2, -0.15) is 0 Å². The first-order valence-corrected chi connectivity index (χ1v) is 13.5. The van der Waals surface area contributed by atoms with Crippen LogP contribution in [-0.4, -0.2) is 56.9 Å². The molecule has 1 aliphatic heterocycles. The van der Waals surface area contributed by atoms with Gasteiger partial charge in [0, 0.05) is 12.5 Å². The number of esters is 1. The number of ether oxygens (including phenoxy) is 2. The lowest BCUT2D eigenvalue weighted by molar-refractivity contribution is -0.154. The Morgan fingerprint density at radius 2 is 1.59 bits per heavy atom. The Bertz CT molecular complexity index is 571. The molecule has 3 unspecified atom stereocenters. The van der Waals surface area contributed by atoms with Crippen molar-refractivity contribution in [2.45, 2.75) is 99.6 Å². The molecule has 0 aromatic rings. The summed E-state index contributed by atoms with van der Waals surface area (Å²) < 4.78 is 17.6. The van der Waals surface area contributed by atoms with E-state index in [2.05, 4.69) is 33.9 Å². The monoisotopic (exact) mass is 429 g/mol. The lowest BCUT2D eigenvalue weighted by atomic mass is 9.80. The highest BCUT2D eigenvalue weighted by molar-refractivity contribution is 6.48. The molecule has 1 rings (SSSR count). The van der Waals surface area contributed by atoms with Gasteiger partial charge in [-0.1, -0.05) is 20.8 Å². The van der Waals surface area contributed by atoms with Crippen molar-refractivity contribution in [3.05, 3.63) is 0 Å². The molecule has 1 aliphatic rings. The lowest BCUT2D eigenvalue weighted by Gasteiger charge is -2.37. The van der Waals surface area contributed by atoms with Gasteiger partial charge in [-0.25, -0.2) is 4.79 Å². The van der Waals surface area contributed by atoms with Crippen LogP contribution in [0.5, 0.6) is 0 Å². The number of likely N-dealkylation sites (tertiary alicyclic amines) is 1. The van der Waals surface area contributed by atoms with Gasteiger partial charge in [0.2, 0.25) is 0 Å². The van der Waals surface area contributed by atoms with Crippen molar-refractivity contribution in [1.29, 1.82) is 0 Å². The number of hydrogen-bond donors (Lipinski definition) is 0. The minimum atomic E-state index is -1.26. The molecule has 1 fully saturated rings. The molecule has 170 valence electrons. The summed E-state index contributed by atoms with van der Waals surface area (Å²) in [5.74, 6) is -0.0842. The van der Waals surface area contributed by atoms with Gasteiger partial charge in [-0.05, 0) is 66.5 Å². The Kier molecular flexibility index (Phi) is 8.39. The molecule has 1 amide bonds. The number of nitrogens with zero attached hydrogens (tertiary/aromatic N) is 1. The summed E-state index contributed by atoms with van der Waals surface area (Å²) in [7, 11) is -1.26. The van der Waals surface area contributed by atoms with Crippen molar-refractivity contribution < 1.29 is 23.5 Å². The van der Waals surface area contributed by atoms with E-state index < -0.39 is 20.1 Å². The normalized spacial score (nSPS) is 22.0. The van der Waals surface area contributed by atoms with E-state index in [1.54, 1.807) is 4.90 Å². The SMILES string of the molecule is C[SiH](C)OC(C1CC(COC(=O)C(C)(C)C)N(C(=O)OC(C)(C)C)C1)C(C)(C)C. The molecule has 0 spiro atoms. The molecule has 1 heterocycles. The molecular weight excluding hydrogens is 386 g/mol.